The van der Waals surface area contributed by atoms with Crippen LogP contribution in [0, 0.1) is 5.92 Å². The van der Waals surface area contributed by atoms with Gasteiger partial charge >= 0.3 is 0 Å². The summed E-state index contributed by atoms with van der Waals surface area (Å²) in [4.78, 5) is 9.01. The summed E-state index contributed by atoms with van der Waals surface area (Å²) in [5.41, 5.74) is 2.62. The molecule has 0 N–H and O–H groups in total. The molecule has 3 rings (SSSR count). The molecule has 1 aromatic rings. The highest BCUT2D eigenvalue weighted by Crippen LogP contribution is 2.30. The second-order valence-corrected chi connectivity index (χ2v) is 9.62. The zero-order chi connectivity index (χ0) is 26.1. The number of hydrogen-bond acceptors (Lipinski definition) is 3. The first-order chi connectivity index (χ1) is 17.3. The van der Waals surface area contributed by atoms with Crippen molar-refractivity contribution >= 4 is 28.6 Å². The summed E-state index contributed by atoms with van der Waals surface area (Å²) in [7, 11) is 1.36. The second-order valence-electron chi connectivity index (χ2n) is 9.20. The van der Waals surface area contributed by atoms with Crippen LogP contribution in [0.15, 0.2) is 82.7 Å². The van der Waals surface area contributed by atoms with Crippen molar-refractivity contribution in [2.24, 2.45) is 10.9 Å². The second kappa shape index (κ2) is 13.7. The standard InChI is InChI=1S/C29H36F3N3S/c1-4-34-17-15-22(16-18-34)29(36)35(25-11-6-5-7-12-25)20-24-10-8-9-23(19-26(24)30)21(2)13-14-27(33-3)28(31)32/h5-7,9-12,19,22,28H,2,4,8,13-18,20H2,1,3H3/b33-27+. The number of aliphatic imine (C=N–C) groups is 1. The van der Waals surface area contributed by atoms with Crippen molar-refractivity contribution in [2.45, 2.75) is 45.5 Å². The highest BCUT2D eigenvalue weighted by atomic mass is 32.1. The zero-order valence-electron chi connectivity index (χ0n) is 21.2. The Kier molecular flexibility index (Phi) is 10.7. The molecule has 0 radical (unpaired) electrons. The normalized spacial score (nSPS) is 17.8. The lowest BCUT2D eigenvalue weighted by molar-refractivity contribution is 0.219. The summed E-state index contributed by atoms with van der Waals surface area (Å²) < 4.78 is 41.5. The maximum Gasteiger partial charge on any atom is 0.276 e. The van der Waals surface area contributed by atoms with Crippen LogP contribution in [0.1, 0.15) is 39.0 Å². The van der Waals surface area contributed by atoms with Crippen LogP contribution in [0.3, 0.4) is 0 Å². The fraction of sp³-hybridized carbons (Fsp3) is 0.448. The van der Waals surface area contributed by atoms with Gasteiger partial charge in [0.15, 0.2) is 0 Å². The Bertz CT molecular complexity index is 1040. The third-order valence-electron chi connectivity index (χ3n) is 6.97. The van der Waals surface area contributed by atoms with E-state index in [4.69, 9.17) is 12.2 Å². The minimum absolute atomic E-state index is 0.104. The van der Waals surface area contributed by atoms with Gasteiger partial charge in [-0.1, -0.05) is 56.1 Å². The Balaban J connectivity index is 1.74. The Hall–Kier alpha value is -2.51. The van der Waals surface area contributed by atoms with Gasteiger partial charge in [0, 0.05) is 24.2 Å². The van der Waals surface area contributed by atoms with Crippen LogP contribution in [0.4, 0.5) is 18.9 Å². The zero-order valence-corrected chi connectivity index (χ0v) is 22.0. The number of halogens is 3. The molecule has 1 heterocycles. The molecule has 0 aromatic heterocycles. The van der Waals surface area contributed by atoms with E-state index in [1.165, 1.54) is 13.1 Å². The van der Waals surface area contributed by atoms with E-state index in [2.05, 4.69) is 28.3 Å². The van der Waals surface area contributed by atoms with Gasteiger partial charge in [0.2, 0.25) is 0 Å². The molecule has 36 heavy (non-hydrogen) atoms. The van der Waals surface area contributed by atoms with Gasteiger partial charge < -0.3 is 9.80 Å². The van der Waals surface area contributed by atoms with Crippen LogP contribution in [0.2, 0.25) is 0 Å². The highest BCUT2D eigenvalue weighted by Gasteiger charge is 2.27. The summed E-state index contributed by atoms with van der Waals surface area (Å²) in [6.07, 6.45) is 5.59. The first kappa shape index (κ1) is 28.1. The van der Waals surface area contributed by atoms with E-state index in [0.29, 0.717) is 36.1 Å². The lowest BCUT2D eigenvalue weighted by Crippen LogP contribution is -2.42. The van der Waals surface area contributed by atoms with Crippen molar-refractivity contribution in [2.75, 3.05) is 38.1 Å². The molecule has 3 nitrogen and oxygen atoms in total. The Labute approximate surface area is 218 Å². The molecular formula is C29H36F3N3S. The molecule has 0 amide bonds. The summed E-state index contributed by atoms with van der Waals surface area (Å²) in [5, 5.41) is 0. The quantitative estimate of drug-likeness (QED) is 0.240. The Morgan fingerprint density at radius 2 is 1.86 bits per heavy atom. The molecule has 194 valence electrons. The first-order valence-electron chi connectivity index (χ1n) is 12.6. The Morgan fingerprint density at radius 1 is 1.17 bits per heavy atom. The smallest absolute Gasteiger partial charge is 0.276 e. The average molecular weight is 516 g/mol. The van der Waals surface area contributed by atoms with Gasteiger partial charge in [-0.2, -0.15) is 0 Å². The Morgan fingerprint density at radius 3 is 2.47 bits per heavy atom. The first-order valence-corrected chi connectivity index (χ1v) is 13.0. The maximum absolute atomic E-state index is 15.5. The van der Waals surface area contributed by atoms with Crippen molar-refractivity contribution in [1.29, 1.82) is 0 Å². The molecule has 1 aliphatic carbocycles. The van der Waals surface area contributed by atoms with Crippen molar-refractivity contribution in [3.63, 3.8) is 0 Å². The number of benzene rings is 1. The van der Waals surface area contributed by atoms with Gasteiger partial charge in [-0.15, -0.1) is 0 Å². The molecule has 0 unspecified atom stereocenters. The number of para-hydroxylation sites is 1. The van der Waals surface area contributed by atoms with E-state index < -0.39 is 6.43 Å². The molecule has 0 bridgehead atoms. The van der Waals surface area contributed by atoms with Crippen LogP contribution in [0.5, 0.6) is 0 Å². The number of rotatable bonds is 10. The van der Waals surface area contributed by atoms with Gasteiger partial charge in [0.1, 0.15) is 5.83 Å². The molecule has 2 aliphatic rings. The maximum atomic E-state index is 15.5. The summed E-state index contributed by atoms with van der Waals surface area (Å²) in [6, 6.07) is 9.91. The molecule has 1 aliphatic heterocycles. The van der Waals surface area contributed by atoms with E-state index >= 15 is 4.39 Å². The van der Waals surface area contributed by atoms with E-state index in [-0.39, 0.29) is 23.9 Å². The van der Waals surface area contributed by atoms with Crippen molar-refractivity contribution < 1.29 is 13.2 Å². The molecular weight excluding hydrogens is 479 g/mol. The van der Waals surface area contributed by atoms with E-state index in [0.717, 1.165) is 43.2 Å². The van der Waals surface area contributed by atoms with E-state index in [1.807, 2.05) is 42.5 Å². The average Bonchev–Trinajstić information content (AvgIpc) is 3.08. The molecule has 0 saturated carbocycles. The lowest BCUT2D eigenvalue weighted by atomic mass is 9.95. The van der Waals surface area contributed by atoms with Gasteiger partial charge in [-0.3, -0.25) is 4.99 Å². The van der Waals surface area contributed by atoms with Crippen molar-refractivity contribution in [3.05, 3.63) is 77.7 Å². The number of anilines is 1. The molecule has 1 fully saturated rings. The monoisotopic (exact) mass is 515 g/mol. The van der Waals surface area contributed by atoms with E-state index in [9.17, 15) is 8.78 Å². The largest absolute Gasteiger partial charge is 0.331 e. The fourth-order valence-corrected chi connectivity index (χ4v) is 5.04. The highest BCUT2D eigenvalue weighted by molar-refractivity contribution is 7.80. The third kappa shape index (κ3) is 7.50. The minimum Gasteiger partial charge on any atom is -0.331 e. The molecule has 0 spiro atoms. The van der Waals surface area contributed by atoms with Crippen LogP contribution in [-0.4, -0.2) is 55.3 Å². The van der Waals surface area contributed by atoms with Crippen molar-refractivity contribution in [1.82, 2.24) is 4.90 Å². The van der Waals surface area contributed by atoms with Crippen LogP contribution < -0.4 is 4.90 Å². The minimum atomic E-state index is -2.59. The lowest BCUT2D eigenvalue weighted by Gasteiger charge is -2.36. The number of alkyl halides is 2. The van der Waals surface area contributed by atoms with Gasteiger partial charge in [0.25, 0.3) is 6.43 Å². The number of likely N-dealkylation sites (tertiary alicyclic amines) is 1. The summed E-state index contributed by atoms with van der Waals surface area (Å²) in [5.74, 6) is -0.0678. The fourth-order valence-electron chi connectivity index (χ4n) is 4.63. The van der Waals surface area contributed by atoms with Gasteiger partial charge in [-0.25, -0.2) is 13.2 Å². The van der Waals surface area contributed by atoms with Gasteiger partial charge in [0.05, 0.1) is 17.2 Å². The third-order valence-corrected chi connectivity index (χ3v) is 7.52. The molecule has 0 atom stereocenters. The van der Waals surface area contributed by atoms with Crippen molar-refractivity contribution in [3.8, 4) is 0 Å². The number of nitrogens with zero attached hydrogens (tertiary/aromatic N) is 3. The predicted octanol–water partition coefficient (Wildman–Crippen LogP) is 7.33. The van der Waals surface area contributed by atoms with Gasteiger partial charge in [-0.05, 0) is 81.1 Å². The number of piperidine rings is 1. The van der Waals surface area contributed by atoms with Crippen LogP contribution >= 0.6 is 12.2 Å². The topological polar surface area (TPSA) is 18.8 Å². The SMILES string of the molecule is C=C(CC/C(=N\C)C(F)F)C1=CCC=C(CN(C(=S)C2CCN(CC)CC2)c2ccccc2)C(F)=C1. The molecule has 7 heteroatoms. The molecule has 1 saturated heterocycles. The van der Waals surface area contributed by atoms with Crippen LogP contribution in [-0.2, 0) is 0 Å². The number of hydrogen-bond donors (Lipinski definition) is 0. The predicted molar refractivity (Wildman–Crippen MR) is 149 cm³/mol. The number of allylic oxidation sites excluding steroid dienone is 5. The number of thiocarbonyl (C=S) groups is 1. The summed E-state index contributed by atoms with van der Waals surface area (Å²) in [6.45, 7) is 9.61. The van der Waals surface area contributed by atoms with Crippen LogP contribution in [0.25, 0.3) is 0 Å². The summed E-state index contributed by atoms with van der Waals surface area (Å²) >= 11 is 5.99. The molecule has 1 aromatic carbocycles. The van der Waals surface area contributed by atoms with E-state index in [1.54, 1.807) is 0 Å².